The van der Waals surface area contributed by atoms with E-state index in [0.717, 1.165) is 18.2 Å². The van der Waals surface area contributed by atoms with E-state index in [1.807, 2.05) is 0 Å². The van der Waals surface area contributed by atoms with Crippen molar-refractivity contribution in [1.82, 2.24) is 4.90 Å². The number of alkyl halides is 1. The van der Waals surface area contributed by atoms with Crippen molar-refractivity contribution in [1.29, 1.82) is 0 Å². The standard InChI is InChI=1S/C13H14Br2N2O3/c14-8-9-1-3-16(4-2-9)13(18)10-5-11(15)7-12(6-10)17(19)20/h5-7,9H,1-4,8H2. The molecule has 0 spiro atoms. The van der Waals surface area contributed by atoms with Gasteiger partial charge in [-0.25, -0.2) is 0 Å². The van der Waals surface area contributed by atoms with Crippen LogP contribution in [0.3, 0.4) is 0 Å². The quantitative estimate of drug-likeness (QED) is 0.438. The minimum atomic E-state index is -0.487. The monoisotopic (exact) mass is 404 g/mol. The number of non-ortho nitro benzene ring substituents is 1. The van der Waals surface area contributed by atoms with E-state index in [2.05, 4.69) is 31.9 Å². The van der Waals surface area contributed by atoms with Gasteiger partial charge in [-0.15, -0.1) is 0 Å². The van der Waals surface area contributed by atoms with Gasteiger partial charge in [0.25, 0.3) is 11.6 Å². The van der Waals surface area contributed by atoms with Gasteiger partial charge in [-0.1, -0.05) is 31.9 Å². The minimum Gasteiger partial charge on any atom is -0.339 e. The number of hydrogen-bond acceptors (Lipinski definition) is 3. The maximum atomic E-state index is 12.4. The number of nitro groups is 1. The molecule has 108 valence electrons. The number of nitro benzene ring substituents is 1. The molecule has 1 heterocycles. The van der Waals surface area contributed by atoms with Gasteiger partial charge in [0.2, 0.25) is 0 Å². The Morgan fingerprint density at radius 2 is 2.00 bits per heavy atom. The maximum Gasteiger partial charge on any atom is 0.271 e. The van der Waals surface area contributed by atoms with Crippen molar-refractivity contribution >= 4 is 43.5 Å². The maximum absolute atomic E-state index is 12.4. The van der Waals surface area contributed by atoms with Gasteiger partial charge in [0, 0.05) is 40.6 Å². The fourth-order valence-electron chi connectivity index (χ4n) is 2.28. The molecule has 0 atom stereocenters. The van der Waals surface area contributed by atoms with Gasteiger partial charge in [-0.3, -0.25) is 14.9 Å². The SMILES string of the molecule is O=C(c1cc(Br)cc([N+](=O)[O-])c1)N1CCC(CBr)CC1. The average Bonchev–Trinajstić information content (AvgIpc) is 2.46. The fourth-order valence-corrected chi connectivity index (χ4v) is 3.40. The Kier molecular flexibility index (Phi) is 5.15. The van der Waals surface area contributed by atoms with E-state index in [-0.39, 0.29) is 11.6 Å². The molecular formula is C13H14Br2N2O3. The van der Waals surface area contributed by atoms with Crippen LogP contribution >= 0.6 is 31.9 Å². The van der Waals surface area contributed by atoms with Crippen LogP contribution in [0.2, 0.25) is 0 Å². The third-order valence-corrected chi connectivity index (χ3v) is 4.83. The lowest BCUT2D eigenvalue weighted by atomic mass is 9.98. The van der Waals surface area contributed by atoms with Crippen molar-refractivity contribution < 1.29 is 9.72 Å². The van der Waals surface area contributed by atoms with Crippen LogP contribution in [0.1, 0.15) is 23.2 Å². The molecule has 1 saturated heterocycles. The number of carbonyl (C=O) groups is 1. The predicted octanol–water partition coefficient (Wildman–Crippen LogP) is 3.60. The van der Waals surface area contributed by atoms with E-state index in [1.54, 1.807) is 11.0 Å². The lowest BCUT2D eigenvalue weighted by molar-refractivity contribution is -0.385. The van der Waals surface area contributed by atoms with Crippen molar-refractivity contribution in [3.05, 3.63) is 38.3 Å². The smallest absolute Gasteiger partial charge is 0.271 e. The zero-order chi connectivity index (χ0) is 14.7. The van der Waals surface area contributed by atoms with E-state index >= 15 is 0 Å². The largest absolute Gasteiger partial charge is 0.339 e. The summed E-state index contributed by atoms with van der Waals surface area (Å²) in [6, 6.07) is 4.36. The molecule has 5 nitrogen and oxygen atoms in total. The summed E-state index contributed by atoms with van der Waals surface area (Å²) in [5.41, 5.74) is 0.293. The van der Waals surface area contributed by atoms with Crippen molar-refractivity contribution in [3.8, 4) is 0 Å². The molecule has 0 unspecified atom stereocenters. The minimum absolute atomic E-state index is 0.0712. The summed E-state index contributed by atoms with van der Waals surface area (Å²) >= 11 is 6.68. The molecule has 7 heteroatoms. The van der Waals surface area contributed by atoms with Crippen LogP contribution < -0.4 is 0 Å². The van der Waals surface area contributed by atoms with Gasteiger partial charge in [0.05, 0.1) is 4.92 Å². The highest BCUT2D eigenvalue weighted by atomic mass is 79.9. The first kappa shape index (κ1) is 15.4. The molecule has 1 fully saturated rings. The lowest BCUT2D eigenvalue weighted by Gasteiger charge is -2.31. The number of hydrogen-bond donors (Lipinski definition) is 0. The summed E-state index contributed by atoms with van der Waals surface area (Å²) in [6.07, 6.45) is 1.93. The second-order valence-corrected chi connectivity index (χ2v) is 6.41. The zero-order valence-corrected chi connectivity index (χ0v) is 13.9. The Morgan fingerprint density at radius 1 is 1.35 bits per heavy atom. The van der Waals surface area contributed by atoms with Gasteiger partial charge < -0.3 is 4.90 Å². The number of halogens is 2. The highest BCUT2D eigenvalue weighted by Gasteiger charge is 2.24. The third kappa shape index (κ3) is 3.58. The molecule has 20 heavy (non-hydrogen) atoms. The van der Waals surface area contributed by atoms with Gasteiger partial charge in [-0.05, 0) is 24.8 Å². The summed E-state index contributed by atoms with van der Waals surface area (Å²) in [5.74, 6) is 0.471. The second kappa shape index (κ2) is 6.67. The van der Waals surface area contributed by atoms with Gasteiger partial charge in [0.1, 0.15) is 0 Å². The topological polar surface area (TPSA) is 63.4 Å². The van der Waals surface area contributed by atoms with Crippen molar-refractivity contribution in [2.45, 2.75) is 12.8 Å². The molecule has 2 rings (SSSR count). The van der Waals surface area contributed by atoms with Crippen molar-refractivity contribution in [2.24, 2.45) is 5.92 Å². The van der Waals surface area contributed by atoms with Gasteiger partial charge >= 0.3 is 0 Å². The Labute approximate surface area is 133 Å². The normalized spacial score (nSPS) is 16.2. The van der Waals surface area contributed by atoms with Crippen LogP contribution in [0.25, 0.3) is 0 Å². The third-order valence-electron chi connectivity index (χ3n) is 3.46. The number of amides is 1. The Hall–Kier alpha value is -0.950. The molecule has 0 aromatic heterocycles. The number of nitrogens with zero attached hydrogens (tertiary/aromatic N) is 2. The van der Waals surface area contributed by atoms with E-state index in [1.165, 1.54) is 12.1 Å². The Bertz CT molecular complexity index is 528. The molecular weight excluding hydrogens is 392 g/mol. The number of benzene rings is 1. The average molecular weight is 406 g/mol. The number of likely N-dealkylation sites (tertiary alicyclic amines) is 1. The number of piperidine rings is 1. The second-order valence-electron chi connectivity index (χ2n) is 4.85. The fraction of sp³-hybridized carbons (Fsp3) is 0.462. The number of carbonyl (C=O) groups excluding carboxylic acids is 1. The first-order chi connectivity index (χ1) is 9.51. The molecule has 1 aliphatic rings. The predicted molar refractivity (Wildman–Crippen MR) is 83.2 cm³/mol. The summed E-state index contributed by atoms with van der Waals surface area (Å²) < 4.78 is 0.547. The highest BCUT2D eigenvalue weighted by Crippen LogP contribution is 2.25. The van der Waals surface area contributed by atoms with Crippen LogP contribution in [0.4, 0.5) is 5.69 Å². The molecule has 0 saturated carbocycles. The molecule has 1 amide bonds. The summed E-state index contributed by atoms with van der Waals surface area (Å²) in [7, 11) is 0. The molecule has 0 aliphatic carbocycles. The summed E-state index contributed by atoms with van der Waals surface area (Å²) in [5, 5.41) is 11.8. The van der Waals surface area contributed by atoms with E-state index in [9.17, 15) is 14.9 Å². The first-order valence-corrected chi connectivity index (χ1v) is 8.23. The first-order valence-electron chi connectivity index (χ1n) is 6.31. The molecule has 1 aliphatic heterocycles. The van der Waals surface area contributed by atoms with Crippen molar-refractivity contribution in [3.63, 3.8) is 0 Å². The summed E-state index contributed by atoms with van der Waals surface area (Å²) in [6.45, 7) is 1.41. The molecule has 0 N–H and O–H groups in total. The van der Waals surface area contributed by atoms with Gasteiger partial charge in [0.15, 0.2) is 0 Å². The molecule has 0 bridgehead atoms. The van der Waals surface area contributed by atoms with E-state index in [4.69, 9.17) is 0 Å². The summed E-state index contributed by atoms with van der Waals surface area (Å²) in [4.78, 5) is 24.5. The zero-order valence-electron chi connectivity index (χ0n) is 10.7. The van der Waals surface area contributed by atoms with Crippen LogP contribution in [0, 0.1) is 16.0 Å². The molecule has 0 radical (unpaired) electrons. The van der Waals surface area contributed by atoms with E-state index in [0.29, 0.717) is 29.0 Å². The van der Waals surface area contributed by atoms with Crippen LogP contribution in [0.15, 0.2) is 22.7 Å². The van der Waals surface area contributed by atoms with E-state index < -0.39 is 4.92 Å². The number of rotatable bonds is 3. The highest BCUT2D eigenvalue weighted by molar-refractivity contribution is 9.10. The molecule has 1 aromatic rings. The van der Waals surface area contributed by atoms with Crippen LogP contribution in [0.5, 0.6) is 0 Å². The Balaban J connectivity index is 2.15. The van der Waals surface area contributed by atoms with Crippen LogP contribution in [-0.2, 0) is 0 Å². The van der Waals surface area contributed by atoms with Gasteiger partial charge in [-0.2, -0.15) is 0 Å². The van der Waals surface area contributed by atoms with Crippen LogP contribution in [-0.4, -0.2) is 34.2 Å². The Morgan fingerprint density at radius 3 is 2.55 bits per heavy atom. The molecule has 1 aromatic carbocycles. The van der Waals surface area contributed by atoms with Crippen molar-refractivity contribution in [2.75, 3.05) is 18.4 Å². The lowest BCUT2D eigenvalue weighted by Crippen LogP contribution is -2.38.